The lowest BCUT2D eigenvalue weighted by Gasteiger charge is -2.31. The van der Waals surface area contributed by atoms with Crippen LogP contribution in [0.3, 0.4) is 0 Å². The smallest absolute Gasteiger partial charge is 0.330 e. The van der Waals surface area contributed by atoms with E-state index >= 15 is 0 Å². The number of fused-ring (bicyclic) bond motifs is 1. The Labute approximate surface area is 217 Å². The first kappa shape index (κ1) is 27.8. The van der Waals surface area contributed by atoms with Crippen LogP contribution < -0.4 is 5.32 Å². The molecule has 9 nitrogen and oxygen atoms in total. The number of aromatic nitrogens is 1. The van der Waals surface area contributed by atoms with Gasteiger partial charge in [0.25, 0.3) is 5.91 Å². The molecule has 37 heavy (non-hydrogen) atoms. The molecule has 198 valence electrons. The van der Waals surface area contributed by atoms with Crippen LogP contribution in [-0.4, -0.2) is 52.4 Å². The molecule has 0 fully saturated rings. The van der Waals surface area contributed by atoms with Gasteiger partial charge in [0, 0.05) is 30.0 Å². The second-order valence-electron chi connectivity index (χ2n) is 10.2. The molecule has 1 aliphatic heterocycles. The number of ether oxygens (including phenoxy) is 2. The summed E-state index contributed by atoms with van der Waals surface area (Å²) in [5, 5.41) is 9.04. The standard InChI is InChI=1S/C28H35N3O6/c1-7-35-23(32)13-12-20(16-24(33)36-27(4,5)6)30-26(34)28(18(2)3)17-22(31-37-28)25-21-11-9-8-10-19(21)14-15-29-25/h8-15,18,20H,7,16-17H2,1-6H3,(H,30,34)/t20-,28-/m1/s1. The number of pyridine rings is 1. The van der Waals surface area contributed by atoms with E-state index < -0.39 is 35.1 Å². The molecule has 1 N–H and O–H groups in total. The topological polar surface area (TPSA) is 116 Å². The lowest BCUT2D eigenvalue weighted by molar-refractivity contribution is -0.156. The first-order chi connectivity index (χ1) is 17.4. The summed E-state index contributed by atoms with van der Waals surface area (Å²) in [6, 6.07) is 8.88. The largest absolute Gasteiger partial charge is 0.463 e. The fourth-order valence-electron chi connectivity index (χ4n) is 4.03. The maximum absolute atomic E-state index is 13.7. The Morgan fingerprint density at radius 3 is 2.59 bits per heavy atom. The highest BCUT2D eigenvalue weighted by atomic mass is 16.7. The average molecular weight is 510 g/mol. The second-order valence-corrected chi connectivity index (χ2v) is 10.2. The number of hydrogen-bond donors (Lipinski definition) is 1. The van der Waals surface area contributed by atoms with Gasteiger partial charge in [-0.25, -0.2) is 4.79 Å². The summed E-state index contributed by atoms with van der Waals surface area (Å²) in [5.74, 6) is -1.81. The van der Waals surface area contributed by atoms with Gasteiger partial charge in [-0.05, 0) is 39.1 Å². The zero-order valence-corrected chi connectivity index (χ0v) is 22.2. The maximum atomic E-state index is 13.7. The zero-order valence-electron chi connectivity index (χ0n) is 22.2. The molecule has 1 aromatic heterocycles. The van der Waals surface area contributed by atoms with Crippen molar-refractivity contribution in [3.8, 4) is 0 Å². The number of hydrogen-bond acceptors (Lipinski definition) is 8. The molecule has 1 aromatic carbocycles. The van der Waals surface area contributed by atoms with Gasteiger partial charge in [0.05, 0.1) is 24.8 Å². The van der Waals surface area contributed by atoms with Gasteiger partial charge in [0.15, 0.2) is 0 Å². The summed E-state index contributed by atoms with van der Waals surface area (Å²) in [6.45, 7) is 10.9. The third kappa shape index (κ3) is 6.93. The quantitative estimate of drug-likeness (QED) is 0.400. The van der Waals surface area contributed by atoms with Crippen molar-refractivity contribution in [2.45, 2.75) is 71.6 Å². The van der Waals surface area contributed by atoms with E-state index in [1.54, 1.807) is 33.9 Å². The van der Waals surface area contributed by atoms with Gasteiger partial charge in [0.1, 0.15) is 11.3 Å². The Bertz CT molecular complexity index is 1210. The second kappa shape index (κ2) is 11.5. The van der Waals surface area contributed by atoms with Crippen LogP contribution in [-0.2, 0) is 28.7 Å². The molecular weight excluding hydrogens is 474 g/mol. The summed E-state index contributed by atoms with van der Waals surface area (Å²) in [7, 11) is 0. The third-order valence-electron chi connectivity index (χ3n) is 5.89. The van der Waals surface area contributed by atoms with Crippen LogP contribution in [0.2, 0.25) is 0 Å². The van der Waals surface area contributed by atoms with Crippen molar-refractivity contribution in [3.63, 3.8) is 0 Å². The molecule has 0 radical (unpaired) electrons. The zero-order chi connectivity index (χ0) is 27.2. The van der Waals surface area contributed by atoms with Crippen molar-refractivity contribution in [1.82, 2.24) is 10.3 Å². The lowest BCUT2D eigenvalue weighted by Crippen LogP contribution is -2.53. The van der Waals surface area contributed by atoms with Gasteiger partial charge in [-0.15, -0.1) is 0 Å². The van der Waals surface area contributed by atoms with E-state index in [4.69, 9.17) is 14.3 Å². The van der Waals surface area contributed by atoms with E-state index in [0.29, 0.717) is 11.4 Å². The summed E-state index contributed by atoms with van der Waals surface area (Å²) in [6.07, 6.45) is 4.34. The number of esters is 2. The molecule has 1 amide bonds. The highest BCUT2D eigenvalue weighted by molar-refractivity contribution is 6.11. The molecule has 9 heteroatoms. The maximum Gasteiger partial charge on any atom is 0.330 e. The molecule has 0 spiro atoms. The minimum absolute atomic E-state index is 0.175. The van der Waals surface area contributed by atoms with Crippen LogP contribution in [0, 0.1) is 5.92 Å². The number of rotatable bonds is 9. The van der Waals surface area contributed by atoms with Crippen molar-refractivity contribution in [3.05, 3.63) is 54.4 Å². The Morgan fingerprint density at radius 1 is 1.19 bits per heavy atom. The Morgan fingerprint density at radius 2 is 1.92 bits per heavy atom. The molecule has 3 rings (SSSR count). The van der Waals surface area contributed by atoms with Gasteiger partial charge in [0.2, 0.25) is 5.60 Å². The molecular formula is C28H35N3O6. The summed E-state index contributed by atoms with van der Waals surface area (Å²) in [4.78, 5) is 48.4. The molecule has 2 atom stereocenters. The predicted molar refractivity (Wildman–Crippen MR) is 140 cm³/mol. The van der Waals surface area contributed by atoms with Crippen LogP contribution in [0.5, 0.6) is 0 Å². The summed E-state index contributed by atoms with van der Waals surface area (Å²) in [5.41, 5.74) is -0.802. The van der Waals surface area contributed by atoms with Crippen molar-refractivity contribution in [2.24, 2.45) is 11.1 Å². The highest BCUT2D eigenvalue weighted by Crippen LogP contribution is 2.35. The van der Waals surface area contributed by atoms with E-state index in [9.17, 15) is 14.4 Å². The van der Waals surface area contributed by atoms with Gasteiger partial charge < -0.3 is 19.6 Å². The lowest BCUT2D eigenvalue weighted by atomic mass is 9.83. The Kier molecular flexibility index (Phi) is 8.68. The van der Waals surface area contributed by atoms with Gasteiger partial charge in [-0.3, -0.25) is 14.6 Å². The van der Waals surface area contributed by atoms with Crippen LogP contribution in [0.1, 0.15) is 60.1 Å². The van der Waals surface area contributed by atoms with Gasteiger partial charge >= 0.3 is 11.9 Å². The number of benzene rings is 1. The molecule has 0 unspecified atom stereocenters. The van der Waals surface area contributed by atoms with Gasteiger partial charge in [-0.2, -0.15) is 0 Å². The third-order valence-corrected chi connectivity index (χ3v) is 5.89. The number of carbonyl (C=O) groups is 3. The molecule has 0 aliphatic carbocycles. The molecule has 2 aromatic rings. The van der Waals surface area contributed by atoms with Crippen molar-refractivity contribution in [2.75, 3.05) is 6.61 Å². The Balaban J connectivity index is 1.84. The first-order valence-electron chi connectivity index (χ1n) is 12.4. The summed E-state index contributed by atoms with van der Waals surface area (Å²) < 4.78 is 10.3. The van der Waals surface area contributed by atoms with E-state index in [1.165, 1.54) is 12.2 Å². The van der Waals surface area contributed by atoms with Crippen LogP contribution >= 0.6 is 0 Å². The fraction of sp³-hybridized carbons (Fsp3) is 0.464. The molecule has 2 heterocycles. The molecule has 0 saturated carbocycles. The van der Waals surface area contributed by atoms with Crippen LogP contribution in [0.25, 0.3) is 10.8 Å². The number of oxime groups is 1. The van der Waals surface area contributed by atoms with E-state index in [2.05, 4.69) is 15.5 Å². The predicted octanol–water partition coefficient (Wildman–Crippen LogP) is 4.09. The van der Waals surface area contributed by atoms with Crippen molar-refractivity contribution >= 4 is 34.3 Å². The average Bonchev–Trinajstić information content (AvgIpc) is 3.28. The number of amides is 1. The van der Waals surface area contributed by atoms with E-state index in [-0.39, 0.29) is 25.4 Å². The molecule has 1 aliphatic rings. The number of nitrogens with zero attached hydrogens (tertiary/aromatic N) is 2. The highest BCUT2D eigenvalue weighted by Gasteiger charge is 2.50. The molecule has 0 bridgehead atoms. The number of carbonyl (C=O) groups excluding carboxylic acids is 3. The van der Waals surface area contributed by atoms with Crippen molar-refractivity contribution in [1.29, 1.82) is 0 Å². The van der Waals surface area contributed by atoms with Crippen LogP contribution in [0.15, 0.2) is 53.8 Å². The number of nitrogens with one attached hydrogen (secondary N) is 1. The van der Waals surface area contributed by atoms with Crippen molar-refractivity contribution < 1.29 is 28.7 Å². The Hall–Kier alpha value is -3.75. The first-order valence-corrected chi connectivity index (χ1v) is 12.4. The normalized spacial score (nSPS) is 18.4. The minimum atomic E-state index is -1.32. The van der Waals surface area contributed by atoms with E-state index in [1.807, 2.05) is 44.2 Å². The monoisotopic (exact) mass is 509 g/mol. The van der Waals surface area contributed by atoms with E-state index in [0.717, 1.165) is 10.8 Å². The van der Waals surface area contributed by atoms with Gasteiger partial charge in [-0.1, -0.05) is 49.3 Å². The van der Waals surface area contributed by atoms with Crippen LogP contribution in [0.4, 0.5) is 0 Å². The molecule has 0 saturated heterocycles. The SMILES string of the molecule is CCOC(=O)C=C[C@H](CC(=O)OC(C)(C)C)NC(=O)[C@]1(C(C)C)CC(c2nccc3ccccc23)=NO1. The fourth-order valence-corrected chi connectivity index (χ4v) is 4.03. The minimum Gasteiger partial charge on any atom is -0.463 e. The summed E-state index contributed by atoms with van der Waals surface area (Å²) >= 11 is 0.